The lowest BCUT2D eigenvalue weighted by atomic mass is 10.1. The molecule has 0 radical (unpaired) electrons. The summed E-state index contributed by atoms with van der Waals surface area (Å²) in [6, 6.07) is 7.85. The Labute approximate surface area is 97.5 Å². The van der Waals surface area contributed by atoms with Gasteiger partial charge in [-0.25, -0.2) is 0 Å². The molecule has 2 N–H and O–H groups in total. The van der Waals surface area contributed by atoms with Crippen LogP contribution in [0.25, 0.3) is 0 Å². The first-order chi connectivity index (χ1) is 7.77. The molecular formula is C13H19N3. The maximum Gasteiger partial charge on any atom is 0.0991 e. The topological polar surface area (TPSA) is 47.8 Å². The summed E-state index contributed by atoms with van der Waals surface area (Å²) < 4.78 is 0. The number of hydrogen-bond acceptors (Lipinski definition) is 3. The van der Waals surface area contributed by atoms with E-state index in [0.717, 1.165) is 37.3 Å². The summed E-state index contributed by atoms with van der Waals surface area (Å²) in [5, 5.41) is 15.4. The smallest absolute Gasteiger partial charge is 0.0991 e. The Balaban J connectivity index is 2.40. The van der Waals surface area contributed by atoms with Gasteiger partial charge < -0.3 is 10.6 Å². The van der Waals surface area contributed by atoms with Gasteiger partial charge >= 0.3 is 0 Å². The highest BCUT2D eigenvalue weighted by Crippen LogP contribution is 2.15. The van der Waals surface area contributed by atoms with E-state index in [4.69, 9.17) is 5.26 Å². The number of nitrogens with one attached hydrogen (secondary N) is 2. The molecule has 0 aliphatic heterocycles. The van der Waals surface area contributed by atoms with Crippen molar-refractivity contribution in [3.8, 4) is 6.07 Å². The van der Waals surface area contributed by atoms with Crippen LogP contribution in [0.3, 0.4) is 0 Å². The Morgan fingerprint density at radius 1 is 1.25 bits per heavy atom. The third-order valence-corrected chi connectivity index (χ3v) is 2.40. The molecule has 3 nitrogen and oxygen atoms in total. The normalized spacial score (nSPS) is 9.81. The fraction of sp³-hybridized carbons (Fsp3) is 0.462. The van der Waals surface area contributed by atoms with Gasteiger partial charge in [-0.15, -0.1) is 0 Å². The number of aryl methyl sites for hydroxylation is 1. The molecule has 0 spiro atoms. The van der Waals surface area contributed by atoms with Crippen molar-refractivity contribution in [2.75, 3.05) is 25.0 Å². The van der Waals surface area contributed by atoms with Gasteiger partial charge in [0.15, 0.2) is 0 Å². The molecule has 0 amide bonds. The van der Waals surface area contributed by atoms with Crippen molar-refractivity contribution in [3.05, 3.63) is 29.3 Å². The fourth-order valence-corrected chi connectivity index (χ4v) is 1.52. The number of anilines is 1. The molecule has 0 saturated heterocycles. The molecule has 3 heteroatoms. The molecule has 86 valence electrons. The van der Waals surface area contributed by atoms with Crippen molar-refractivity contribution in [1.29, 1.82) is 5.26 Å². The van der Waals surface area contributed by atoms with E-state index in [-0.39, 0.29) is 0 Å². The molecule has 0 fully saturated rings. The summed E-state index contributed by atoms with van der Waals surface area (Å²) in [6.45, 7) is 7.11. The highest BCUT2D eigenvalue weighted by Gasteiger charge is 1.98. The lowest BCUT2D eigenvalue weighted by molar-refractivity contribution is 0.687. The van der Waals surface area contributed by atoms with Gasteiger partial charge in [0, 0.05) is 18.8 Å². The van der Waals surface area contributed by atoms with Crippen LogP contribution in [0.5, 0.6) is 0 Å². The van der Waals surface area contributed by atoms with Gasteiger partial charge in [0.05, 0.1) is 11.6 Å². The van der Waals surface area contributed by atoms with Crippen molar-refractivity contribution in [3.63, 3.8) is 0 Å². The van der Waals surface area contributed by atoms with Gasteiger partial charge in [-0.1, -0.05) is 6.92 Å². The second-order valence-corrected chi connectivity index (χ2v) is 3.82. The minimum atomic E-state index is 0.715. The third kappa shape index (κ3) is 3.92. The van der Waals surface area contributed by atoms with Crippen molar-refractivity contribution < 1.29 is 0 Å². The van der Waals surface area contributed by atoms with Crippen molar-refractivity contribution in [2.24, 2.45) is 0 Å². The summed E-state index contributed by atoms with van der Waals surface area (Å²) in [6.07, 6.45) is 1.16. The van der Waals surface area contributed by atoms with Gasteiger partial charge in [0.1, 0.15) is 0 Å². The third-order valence-electron chi connectivity index (χ3n) is 2.40. The van der Waals surface area contributed by atoms with E-state index in [1.807, 2.05) is 25.1 Å². The summed E-state index contributed by atoms with van der Waals surface area (Å²) in [4.78, 5) is 0. The number of rotatable bonds is 6. The summed E-state index contributed by atoms with van der Waals surface area (Å²) in [5.74, 6) is 0. The molecule has 0 aliphatic rings. The Kier molecular flexibility index (Phi) is 5.38. The Bertz CT molecular complexity index is 366. The van der Waals surface area contributed by atoms with E-state index in [1.54, 1.807) is 0 Å². The molecule has 0 aliphatic carbocycles. The Morgan fingerprint density at radius 2 is 2.06 bits per heavy atom. The van der Waals surface area contributed by atoms with E-state index >= 15 is 0 Å². The Morgan fingerprint density at radius 3 is 2.69 bits per heavy atom. The van der Waals surface area contributed by atoms with E-state index in [9.17, 15) is 0 Å². The largest absolute Gasteiger partial charge is 0.384 e. The van der Waals surface area contributed by atoms with Crippen molar-refractivity contribution >= 4 is 5.69 Å². The molecule has 0 saturated carbocycles. The van der Waals surface area contributed by atoms with Gasteiger partial charge in [-0.3, -0.25) is 0 Å². The maximum atomic E-state index is 8.75. The zero-order valence-corrected chi connectivity index (χ0v) is 10.0. The van der Waals surface area contributed by atoms with Crippen molar-refractivity contribution in [2.45, 2.75) is 20.3 Å². The lowest BCUT2D eigenvalue weighted by Crippen LogP contribution is -2.22. The number of nitrogens with zero attached hydrogens (tertiary/aromatic N) is 1. The SMILES string of the molecule is CCCNCCNc1ccc(C#N)cc1C. The van der Waals surface area contributed by atoms with Crippen LogP contribution in [-0.4, -0.2) is 19.6 Å². The molecule has 0 atom stereocenters. The van der Waals surface area contributed by atoms with Crippen molar-refractivity contribution in [1.82, 2.24) is 5.32 Å². The highest BCUT2D eigenvalue weighted by atomic mass is 14.9. The molecule has 0 unspecified atom stereocenters. The van der Waals surface area contributed by atoms with Crippen LogP contribution in [0, 0.1) is 18.3 Å². The first kappa shape index (κ1) is 12.5. The van der Waals surface area contributed by atoms with Crippen LogP contribution in [0.1, 0.15) is 24.5 Å². The molecule has 1 rings (SSSR count). The first-order valence-corrected chi connectivity index (χ1v) is 5.73. The predicted octanol–water partition coefficient (Wildman–Crippen LogP) is 2.28. The summed E-state index contributed by atoms with van der Waals surface area (Å²) in [7, 11) is 0. The predicted molar refractivity (Wildman–Crippen MR) is 67.5 cm³/mol. The van der Waals surface area contributed by atoms with Gasteiger partial charge in [0.2, 0.25) is 0 Å². The molecular weight excluding hydrogens is 198 g/mol. The van der Waals surface area contributed by atoms with E-state index in [1.165, 1.54) is 0 Å². The minimum absolute atomic E-state index is 0.715. The zero-order chi connectivity index (χ0) is 11.8. The minimum Gasteiger partial charge on any atom is -0.384 e. The quantitative estimate of drug-likeness (QED) is 0.719. The molecule has 0 bridgehead atoms. The monoisotopic (exact) mass is 217 g/mol. The molecule has 1 aromatic rings. The fourth-order valence-electron chi connectivity index (χ4n) is 1.52. The van der Waals surface area contributed by atoms with Crippen LogP contribution < -0.4 is 10.6 Å². The number of nitriles is 1. The highest BCUT2D eigenvalue weighted by molar-refractivity contribution is 5.53. The number of benzene rings is 1. The zero-order valence-electron chi connectivity index (χ0n) is 10.0. The second kappa shape index (κ2) is 6.86. The van der Waals surface area contributed by atoms with Crippen LogP contribution in [0.15, 0.2) is 18.2 Å². The maximum absolute atomic E-state index is 8.75. The molecule has 0 heterocycles. The second-order valence-electron chi connectivity index (χ2n) is 3.82. The molecule has 0 aromatic heterocycles. The van der Waals surface area contributed by atoms with Gasteiger partial charge in [-0.2, -0.15) is 5.26 Å². The molecule has 1 aromatic carbocycles. The average molecular weight is 217 g/mol. The standard InChI is InChI=1S/C13H19N3/c1-3-6-15-7-8-16-13-5-4-12(10-14)9-11(13)2/h4-5,9,15-16H,3,6-8H2,1-2H3. The van der Waals surface area contributed by atoms with E-state index in [2.05, 4.69) is 23.6 Å². The summed E-state index contributed by atoms with van der Waals surface area (Å²) >= 11 is 0. The van der Waals surface area contributed by atoms with Gasteiger partial charge in [-0.05, 0) is 43.7 Å². The van der Waals surface area contributed by atoms with Crippen LogP contribution in [0.2, 0.25) is 0 Å². The molecule has 16 heavy (non-hydrogen) atoms. The van der Waals surface area contributed by atoms with Gasteiger partial charge in [0.25, 0.3) is 0 Å². The number of hydrogen-bond donors (Lipinski definition) is 2. The van der Waals surface area contributed by atoms with Crippen LogP contribution in [-0.2, 0) is 0 Å². The lowest BCUT2D eigenvalue weighted by Gasteiger charge is -2.10. The first-order valence-electron chi connectivity index (χ1n) is 5.73. The van der Waals surface area contributed by atoms with Crippen LogP contribution in [0.4, 0.5) is 5.69 Å². The van der Waals surface area contributed by atoms with Crippen LogP contribution >= 0.6 is 0 Å². The summed E-state index contributed by atoms with van der Waals surface area (Å²) in [5.41, 5.74) is 2.94. The van der Waals surface area contributed by atoms with E-state index < -0.39 is 0 Å². The Hall–Kier alpha value is -1.53. The average Bonchev–Trinajstić information content (AvgIpc) is 2.30. The van der Waals surface area contributed by atoms with E-state index in [0.29, 0.717) is 5.56 Å².